The van der Waals surface area contributed by atoms with E-state index >= 15 is 0 Å². The molecule has 0 aromatic heterocycles. The monoisotopic (exact) mass is 456 g/mol. The van der Waals surface area contributed by atoms with Crippen molar-refractivity contribution in [2.75, 3.05) is 20.2 Å². The number of nitrogens with one attached hydrogen (secondary N) is 1. The van der Waals surface area contributed by atoms with Crippen LogP contribution in [0.5, 0.6) is 0 Å². The molecule has 0 saturated carbocycles. The lowest BCUT2D eigenvalue weighted by molar-refractivity contribution is 0.175. The van der Waals surface area contributed by atoms with Crippen molar-refractivity contribution in [3.63, 3.8) is 0 Å². The minimum absolute atomic E-state index is 0.278. The smallest absolute Gasteiger partial charge is 0.218 e. The van der Waals surface area contributed by atoms with Gasteiger partial charge in [-0.1, -0.05) is 34.6 Å². The lowest BCUT2D eigenvalue weighted by atomic mass is 9.85. The van der Waals surface area contributed by atoms with Gasteiger partial charge in [-0.25, -0.2) is 25.9 Å². The highest BCUT2D eigenvalue weighted by atomic mass is 32.2. The molecule has 0 saturated heterocycles. The summed E-state index contributed by atoms with van der Waals surface area (Å²) in [6, 6.07) is -0.581. The predicted octanol–water partition coefficient (Wildman–Crippen LogP) is 2.96. The fraction of sp³-hybridized carbons (Fsp3) is 1.00. The first-order valence-corrected chi connectivity index (χ1v) is 13.0. The Hall–Kier alpha value is -0.220. The van der Waals surface area contributed by atoms with E-state index in [1.54, 1.807) is 41.7 Å². The van der Waals surface area contributed by atoms with E-state index < -0.39 is 46.4 Å². The largest absolute Gasteiger partial charge is 0.395 e. The summed E-state index contributed by atoms with van der Waals surface area (Å²) in [5, 5.41) is 9.60. The Labute approximate surface area is 179 Å². The summed E-state index contributed by atoms with van der Waals surface area (Å²) in [6.45, 7) is 17.9. The van der Waals surface area contributed by atoms with Crippen molar-refractivity contribution in [1.82, 2.24) is 9.03 Å². The highest BCUT2D eigenvalue weighted by molar-refractivity contribution is 7.91. The minimum atomic E-state index is -3.70. The van der Waals surface area contributed by atoms with E-state index in [0.717, 1.165) is 0 Å². The maximum atomic E-state index is 13.0. The van der Waals surface area contributed by atoms with Crippen molar-refractivity contribution in [1.29, 1.82) is 0 Å². The number of hydrogen-bond donors (Lipinski definition) is 2. The van der Waals surface area contributed by atoms with Gasteiger partial charge >= 0.3 is 0 Å². The summed E-state index contributed by atoms with van der Waals surface area (Å²) in [7, 11) is -5.58. The van der Waals surface area contributed by atoms with Crippen LogP contribution in [0.2, 0.25) is 0 Å². The maximum absolute atomic E-state index is 13.0. The second kappa shape index (κ2) is 9.10. The maximum Gasteiger partial charge on any atom is 0.218 e. The third-order valence-corrected chi connectivity index (χ3v) is 10.2. The van der Waals surface area contributed by atoms with Gasteiger partial charge in [-0.15, -0.1) is 0 Å². The van der Waals surface area contributed by atoms with E-state index in [-0.39, 0.29) is 6.61 Å². The van der Waals surface area contributed by atoms with E-state index in [2.05, 4.69) is 4.72 Å². The van der Waals surface area contributed by atoms with Crippen molar-refractivity contribution in [2.45, 2.75) is 97.6 Å². The molecule has 0 bridgehead atoms. The topological polar surface area (TPSA) is 104 Å². The summed E-state index contributed by atoms with van der Waals surface area (Å²) < 4.78 is 53.3. The minimum Gasteiger partial charge on any atom is -0.395 e. The number of nitrogens with zero attached hydrogens (tertiary/aromatic N) is 1. The van der Waals surface area contributed by atoms with E-state index in [1.807, 2.05) is 34.6 Å². The van der Waals surface area contributed by atoms with Gasteiger partial charge in [-0.3, -0.25) is 0 Å². The van der Waals surface area contributed by atoms with Crippen molar-refractivity contribution in [3.05, 3.63) is 0 Å². The van der Waals surface area contributed by atoms with Gasteiger partial charge in [0.15, 0.2) is 0 Å². The van der Waals surface area contributed by atoms with Crippen LogP contribution in [-0.4, -0.2) is 62.0 Å². The molecular formula is C20H44N2O5S2. The zero-order chi connectivity index (χ0) is 23.7. The molecule has 0 rings (SSSR count). The zero-order valence-electron chi connectivity index (χ0n) is 20.2. The van der Waals surface area contributed by atoms with Crippen LogP contribution in [0.25, 0.3) is 0 Å². The van der Waals surface area contributed by atoms with Crippen molar-refractivity contribution >= 4 is 20.0 Å². The Morgan fingerprint density at radius 2 is 1.31 bits per heavy atom. The molecule has 7 nitrogen and oxygen atoms in total. The molecule has 0 radical (unpaired) electrons. The molecule has 0 fully saturated rings. The van der Waals surface area contributed by atoms with E-state index in [9.17, 15) is 21.9 Å². The van der Waals surface area contributed by atoms with Crippen LogP contribution in [0.1, 0.15) is 82.1 Å². The van der Waals surface area contributed by atoms with Crippen LogP contribution < -0.4 is 4.72 Å². The summed E-state index contributed by atoms with van der Waals surface area (Å²) in [6.07, 6.45) is 0.894. The first kappa shape index (κ1) is 28.8. The third-order valence-electron chi connectivity index (χ3n) is 5.49. The highest BCUT2D eigenvalue weighted by Gasteiger charge is 2.40. The molecule has 1 atom stereocenters. The van der Waals surface area contributed by atoms with Gasteiger partial charge in [-0.2, -0.15) is 0 Å². The van der Waals surface area contributed by atoms with Crippen LogP contribution in [0.4, 0.5) is 0 Å². The fourth-order valence-corrected chi connectivity index (χ4v) is 5.79. The molecule has 0 aliphatic heterocycles. The van der Waals surface area contributed by atoms with Crippen molar-refractivity contribution in [3.8, 4) is 0 Å². The Bertz CT molecular complexity index is 743. The highest BCUT2D eigenvalue weighted by Crippen LogP contribution is 2.33. The zero-order valence-corrected chi connectivity index (χ0v) is 21.9. The molecule has 0 amide bonds. The Balaban J connectivity index is 5.31. The summed E-state index contributed by atoms with van der Waals surface area (Å²) in [4.78, 5) is 0. The second-order valence-corrected chi connectivity index (χ2v) is 16.7. The Morgan fingerprint density at radius 1 is 0.862 bits per heavy atom. The summed E-state index contributed by atoms with van der Waals surface area (Å²) >= 11 is 0. The standard InChI is InChI=1S/C20H44N2O5S2/c1-17(2,3)16(14-23)21-28(24,25)20(9,10)13-12-19(7,8)15-22(11)29(26,27)18(4,5)6/h16,21,23H,12-15H2,1-11H3/t16-/m0/s1. The molecule has 29 heavy (non-hydrogen) atoms. The van der Waals surface area contributed by atoms with Gasteiger partial charge in [0, 0.05) is 19.6 Å². The van der Waals surface area contributed by atoms with Gasteiger partial charge in [0.1, 0.15) is 0 Å². The molecule has 0 aromatic carbocycles. The molecule has 9 heteroatoms. The molecule has 176 valence electrons. The molecule has 0 unspecified atom stereocenters. The molecule has 0 spiro atoms. The number of sulfonamides is 2. The normalized spacial score (nSPS) is 16.3. The summed E-state index contributed by atoms with van der Waals surface area (Å²) in [5.41, 5.74) is -0.818. The van der Waals surface area contributed by atoms with Crippen molar-refractivity contribution < 1.29 is 21.9 Å². The fourth-order valence-electron chi connectivity index (χ4n) is 2.84. The predicted molar refractivity (Wildman–Crippen MR) is 121 cm³/mol. The molecule has 0 aliphatic rings. The van der Waals surface area contributed by atoms with Gasteiger partial charge in [0.2, 0.25) is 20.0 Å². The SMILES string of the molecule is CN(CC(C)(C)CCC(C)(C)S(=O)(=O)N[C@@H](CO)C(C)(C)C)S(=O)(=O)C(C)(C)C. The van der Waals surface area contributed by atoms with Gasteiger partial charge in [0.25, 0.3) is 0 Å². The number of aliphatic hydroxyl groups excluding tert-OH is 1. The van der Waals surface area contributed by atoms with Gasteiger partial charge in [-0.05, 0) is 58.3 Å². The second-order valence-electron chi connectivity index (χ2n) is 11.5. The van der Waals surface area contributed by atoms with Crippen LogP contribution in [0.3, 0.4) is 0 Å². The average molecular weight is 457 g/mol. The Kier molecular flexibility index (Phi) is 9.03. The molecule has 0 heterocycles. The average Bonchev–Trinajstić information content (AvgIpc) is 2.48. The lowest BCUT2D eigenvalue weighted by Gasteiger charge is -2.37. The lowest BCUT2D eigenvalue weighted by Crippen LogP contribution is -2.52. The van der Waals surface area contributed by atoms with Crippen LogP contribution in [0, 0.1) is 10.8 Å². The first-order valence-electron chi connectivity index (χ1n) is 10.1. The van der Waals surface area contributed by atoms with Crippen molar-refractivity contribution in [2.24, 2.45) is 10.8 Å². The van der Waals surface area contributed by atoms with Crippen LogP contribution >= 0.6 is 0 Å². The first-order chi connectivity index (χ1) is 12.5. The van der Waals surface area contributed by atoms with E-state index in [1.165, 1.54) is 4.31 Å². The van der Waals surface area contributed by atoms with Gasteiger partial charge in [0.05, 0.1) is 16.1 Å². The molecule has 0 aromatic rings. The van der Waals surface area contributed by atoms with Gasteiger partial charge < -0.3 is 5.11 Å². The van der Waals surface area contributed by atoms with Crippen LogP contribution in [-0.2, 0) is 20.0 Å². The third kappa shape index (κ3) is 7.76. The Morgan fingerprint density at radius 3 is 1.66 bits per heavy atom. The molecule has 0 aliphatic carbocycles. The van der Waals surface area contributed by atoms with E-state index in [0.29, 0.717) is 19.4 Å². The van der Waals surface area contributed by atoms with Crippen LogP contribution in [0.15, 0.2) is 0 Å². The number of rotatable bonds is 10. The quantitative estimate of drug-likeness (QED) is 0.526. The molecule has 2 N–H and O–H groups in total. The number of hydrogen-bond acceptors (Lipinski definition) is 5. The summed E-state index contributed by atoms with van der Waals surface area (Å²) in [5.74, 6) is 0. The van der Waals surface area contributed by atoms with E-state index in [4.69, 9.17) is 0 Å². The number of aliphatic hydroxyl groups is 1. The molecular weight excluding hydrogens is 412 g/mol.